The highest BCUT2D eigenvalue weighted by molar-refractivity contribution is 7.90. The van der Waals surface area contributed by atoms with Crippen molar-refractivity contribution in [2.45, 2.75) is 6.42 Å². The lowest BCUT2D eigenvalue weighted by Gasteiger charge is -2.02. The fourth-order valence-corrected chi connectivity index (χ4v) is 1.61. The number of amides is 1. The van der Waals surface area contributed by atoms with Crippen LogP contribution in [0.3, 0.4) is 0 Å². The van der Waals surface area contributed by atoms with Gasteiger partial charge in [-0.05, 0) is 12.1 Å². The second-order valence-electron chi connectivity index (χ2n) is 3.29. The molecule has 1 amide bonds. The molecule has 1 rings (SSSR count). The Hall–Kier alpha value is -1.63. The third-order valence-corrected chi connectivity index (χ3v) is 2.69. The van der Waals surface area contributed by atoms with Gasteiger partial charge in [-0.1, -0.05) is 0 Å². The zero-order valence-corrected chi connectivity index (χ0v) is 9.53. The lowest BCUT2D eigenvalue weighted by atomic mass is 10.3. The van der Waals surface area contributed by atoms with E-state index in [2.05, 4.69) is 9.72 Å². The number of aryl methyl sites for hydroxylation is 1. The highest BCUT2D eigenvalue weighted by Gasteiger charge is 2.05. The largest absolute Gasteiger partial charge is 0.410 e. The maximum atomic E-state index is 10.9. The highest BCUT2D eigenvalue weighted by Crippen LogP contribution is 2.09. The summed E-state index contributed by atoms with van der Waals surface area (Å²) in [7, 11) is -3.00. The summed E-state index contributed by atoms with van der Waals surface area (Å²) in [5, 5.41) is 0. The van der Waals surface area contributed by atoms with Crippen molar-refractivity contribution in [1.29, 1.82) is 0 Å². The Balaban J connectivity index is 2.61. The third kappa shape index (κ3) is 4.74. The van der Waals surface area contributed by atoms with E-state index in [1.54, 1.807) is 6.07 Å². The minimum Gasteiger partial charge on any atom is -0.409 e. The van der Waals surface area contributed by atoms with Gasteiger partial charge in [0.15, 0.2) is 5.75 Å². The molecule has 0 saturated heterocycles. The van der Waals surface area contributed by atoms with Crippen LogP contribution in [0.5, 0.6) is 5.75 Å². The van der Waals surface area contributed by atoms with E-state index in [0.29, 0.717) is 12.1 Å². The highest BCUT2D eigenvalue weighted by atomic mass is 32.2. The van der Waals surface area contributed by atoms with Crippen LogP contribution >= 0.6 is 0 Å². The first-order chi connectivity index (χ1) is 7.37. The number of carbonyl (C=O) groups excluding carboxylic acids is 1. The maximum Gasteiger partial charge on any atom is 0.410 e. The topological polar surface area (TPSA) is 99.4 Å². The Bertz CT molecular complexity index is 467. The Morgan fingerprint density at radius 3 is 2.62 bits per heavy atom. The van der Waals surface area contributed by atoms with Crippen LogP contribution in [0.25, 0.3) is 0 Å². The fourth-order valence-electron chi connectivity index (χ4n) is 1.03. The van der Waals surface area contributed by atoms with Crippen molar-refractivity contribution in [3.8, 4) is 5.75 Å². The molecule has 0 fully saturated rings. The van der Waals surface area contributed by atoms with Gasteiger partial charge in [-0.2, -0.15) is 0 Å². The van der Waals surface area contributed by atoms with E-state index in [4.69, 9.17) is 5.73 Å². The number of nitrogens with zero attached hydrogens (tertiary/aromatic N) is 1. The summed E-state index contributed by atoms with van der Waals surface area (Å²) in [6.45, 7) is 0. The number of primary amides is 1. The van der Waals surface area contributed by atoms with Gasteiger partial charge in [0.25, 0.3) is 0 Å². The molecule has 0 saturated carbocycles. The molecular formula is C9H12N2O4S. The summed E-state index contributed by atoms with van der Waals surface area (Å²) in [5.74, 6) is 0.270. The SMILES string of the molecule is CS(=O)(=O)CCc1ccc(OC(N)=O)cn1. The first kappa shape index (κ1) is 12.4. The van der Waals surface area contributed by atoms with E-state index in [9.17, 15) is 13.2 Å². The van der Waals surface area contributed by atoms with Crippen LogP contribution in [0.2, 0.25) is 0 Å². The molecule has 2 N–H and O–H groups in total. The monoisotopic (exact) mass is 244 g/mol. The van der Waals surface area contributed by atoms with Crippen LogP contribution in [0.1, 0.15) is 5.69 Å². The van der Waals surface area contributed by atoms with Gasteiger partial charge in [0, 0.05) is 18.4 Å². The average Bonchev–Trinajstić information content (AvgIpc) is 2.14. The summed E-state index contributed by atoms with van der Waals surface area (Å²) >= 11 is 0. The molecular weight excluding hydrogens is 232 g/mol. The predicted molar refractivity (Wildman–Crippen MR) is 57.9 cm³/mol. The number of hydrogen-bond acceptors (Lipinski definition) is 5. The van der Waals surface area contributed by atoms with Crippen molar-refractivity contribution in [2.75, 3.05) is 12.0 Å². The average molecular weight is 244 g/mol. The second kappa shape index (κ2) is 4.93. The number of pyridine rings is 1. The van der Waals surface area contributed by atoms with Crippen LogP contribution in [-0.2, 0) is 16.3 Å². The van der Waals surface area contributed by atoms with Gasteiger partial charge in [-0.15, -0.1) is 0 Å². The number of carbonyl (C=O) groups is 1. The standard InChI is InChI=1S/C9H12N2O4S/c1-16(13,14)5-4-7-2-3-8(6-11-7)15-9(10)12/h2-3,6H,4-5H2,1H3,(H2,10,12). The molecule has 0 radical (unpaired) electrons. The molecule has 0 aliphatic heterocycles. The first-order valence-electron chi connectivity index (χ1n) is 4.47. The fraction of sp³-hybridized carbons (Fsp3) is 0.333. The van der Waals surface area contributed by atoms with E-state index in [-0.39, 0.29) is 11.5 Å². The van der Waals surface area contributed by atoms with Crippen molar-refractivity contribution >= 4 is 15.9 Å². The predicted octanol–water partition coefficient (Wildman–Crippen LogP) is 0.126. The normalized spacial score (nSPS) is 11.1. The minimum absolute atomic E-state index is 0.0377. The van der Waals surface area contributed by atoms with Crippen molar-refractivity contribution < 1.29 is 17.9 Å². The number of hydrogen-bond donors (Lipinski definition) is 1. The van der Waals surface area contributed by atoms with E-state index >= 15 is 0 Å². The molecule has 0 atom stereocenters. The number of nitrogens with two attached hydrogens (primary N) is 1. The van der Waals surface area contributed by atoms with Gasteiger partial charge in [0.2, 0.25) is 0 Å². The van der Waals surface area contributed by atoms with Crippen molar-refractivity contribution in [3.63, 3.8) is 0 Å². The lowest BCUT2D eigenvalue weighted by Crippen LogP contribution is -2.16. The molecule has 0 unspecified atom stereocenters. The number of aromatic nitrogens is 1. The molecule has 0 aliphatic carbocycles. The molecule has 0 bridgehead atoms. The lowest BCUT2D eigenvalue weighted by molar-refractivity contribution is 0.210. The minimum atomic E-state index is -3.00. The van der Waals surface area contributed by atoms with Crippen LogP contribution < -0.4 is 10.5 Å². The Kier molecular flexibility index (Phi) is 3.83. The van der Waals surface area contributed by atoms with Crippen molar-refractivity contribution in [2.24, 2.45) is 5.73 Å². The van der Waals surface area contributed by atoms with E-state index in [1.165, 1.54) is 12.3 Å². The molecule has 7 heteroatoms. The smallest absolute Gasteiger partial charge is 0.409 e. The number of ether oxygens (including phenoxy) is 1. The van der Waals surface area contributed by atoms with Crippen LogP contribution in [-0.4, -0.2) is 31.5 Å². The quantitative estimate of drug-likeness (QED) is 0.811. The van der Waals surface area contributed by atoms with E-state index in [0.717, 1.165) is 6.26 Å². The summed E-state index contributed by atoms with van der Waals surface area (Å²) < 4.78 is 26.4. The molecule has 88 valence electrons. The van der Waals surface area contributed by atoms with Crippen molar-refractivity contribution in [3.05, 3.63) is 24.0 Å². The van der Waals surface area contributed by atoms with Crippen molar-refractivity contribution in [1.82, 2.24) is 4.98 Å². The second-order valence-corrected chi connectivity index (χ2v) is 5.55. The molecule has 16 heavy (non-hydrogen) atoms. The number of rotatable bonds is 4. The summed E-state index contributed by atoms with van der Waals surface area (Å²) in [6.07, 6.45) is 1.90. The van der Waals surface area contributed by atoms with Gasteiger partial charge in [-0.25, -0.2) is 13.2 Å². The Morgan fingerprint density at radius 2 is 2.19 bits per heavy atom. The number of sulfone groups is 1. The Labute approximate surface area is 93.4 Å². The van der Waals surface area contributed by atoms with Gasteiger partial charge < -0.3 is 10.5 Å². The zero-order chi connectivity index (χ0) is 12.2. The summed E-state index contributed by atoms with van der Waals surface area (Å²) in [6, 6.07) is 3.10. The molecule has 1 aromatic rings. The Morgan fingerprint density at radius 1 is 1.50 bits per heavy atom. The summed E-state index contributed by atoms with van der Waals surface area (Å²) in [5.41, 5.74) is 5.42. The molecule has 0 aromatic carbocycles. The van der Waals surface area contributed by atoms with Crippen LogP contribution in [0, 0.1) is 0 Å². The zero-order valence-electron chi connectivity index (χ0n) is 8.71. The first-order valence-corrected chi connectivity index (χ1v) is 6.53. The summed E-state index contributed by atoms with van der Waals surface area (Å²) in [4.78, 5) is 14.3. The van der Waals surface area contributed by atoms with Gasteiger partial charge in [0.05, 0.1) is 11.9 Å². The van der Waals surface area contributed by atoms with E-state index < -0.39 is 15.9 Å². The molecule has 0 spiro atoms. The third-order valence-electron chi connectivity index (χ3n) is 1.75. The maximum absolute atomic E-state index is 10.9. The van der Waals surface area contributed by atoms with Gasteiger partial charge >= 0.3 is 6.09 Å². The molecule has 0 aliphatic rings. The van der Waals surface area contributed by atoms with Gasteiger partial charge in [-0.3, -0.25) is 4.98 Å². The van der Waals surface area contributed by atoms with Crippen LogP contribution in [0.4, 0.5) is 4.79 Å². The molecule has 1 heterocycles. The molecule has 1 aromatic heterocycles. The molecule has 6 nitrogen and oxygen atoms in total. The van der Waals surface area contributed by atoms with Crippen LogP contribution in [0.15, 0.2) is 18.3 Å². The van der Waals surface area contributed by atoms with Gasteiger partial charge in [0.1, 0.15) is 9.84 Å². The van der Waals surface area contributed by atoms with E-state index in [1.807, 2.05) is 0 Å².